The van der Waals surface area contributed by atoms with Crippen molar-refractivity contribution in [1.82, 2.24) is 0 Å². The first-order chi connectivity index (χ1) is 15.3. The number of halogens is 4. The third kappa shape index (κ3) is 4.30. The standard InChI is InChI=1S/C24H17F4NO3/c1-31-22-11-14(6-9-21(22)32-13-15-4-2-3-5-19(15)25)10-18-17-8-7-16(24(26,27)28)12-20(17)29-23(18)30/h2-12H,13H2,1H3,(H,29,30)/b18-10+. The predicted molar refractivity (Wildman–Crippen MR) is 112 cm³/mol. The second-order valence-corrected chi connectivity index (χ2v) is 7.06. The minimum absolute atomic E-state index is 0.000783. The molecule has 1 N–H and O–H groups in total. The molecule has 0 aliphatic carbocycles. The molecule has 0 unspecified atom stereocenters. The summed E-state index contributed by atoms with van der Waals surface area (Å²) in [6.45, 7) is 0.000783. The predicted octanol–water partition coefficient (Wildman–Crippen LogP) is 5.92. The minimum atomic E-state index is -4.50. The SMILES string of the molecule is COc1cc(/C=C2/C(=O)Nc3cc(C(F)(F)F)ccc32)ccc1OCc1ccccc1F. The van der Waals surface area contributed by atoms with Crippen molar-refractivity contribution in [3.63, 3.8) is 0 Å². The van der Waals surface area contributed by atoms with Gasteiger partial charge in [-0.25, -0.2) is 4.39 Å². The number of rotatable bonds is 5. The van der Waals surface area contributed by atoms with Gasteiger partial charge in [0.1, 0.15) is 12.4 Å². The molecule has 0 saturated carbocycles. The fourth-order valence-corrected chi connectivity index (χ4v) is 3.34. The van der Waals surface area contributed by atoms with Crippen molar-refractivity contribution in [2.45, 2.75) is 12.8 Å². The van der Waals surface area contributed by atoms with E-state index in [1.54, 1.807) is 42.5 Å². The number of fused-ring (bicyclic) bond motifs is 1. The van der Waals surface area contributed by atoms with Gasteiger partial charge in [0, 0.05) is 22.4 Å². The summed E-state index contributed by atoms with van der Waals surface area (Å²) in [7, 11) is 1.44. The van der Waals surface area contributed by atoms with E-state index >= 15 is 0 Å². The Labute approximate surface area is 181 Å². The quantitative estimate of drug-likeness (QED) is 0.393. The molecule has 1 amide bonds. The van der Waals surface area contributed by atoms with E-state index in [-0.39, 0.29) is 23.7 Å². The average Bonchev–Trinajstić information content (AvgIpc) is 3.07. The average molecular weight is 443 g/mol. The molecule has 0 spiro atoms. The molecule has 3 aromatic rings. The summed E-state index contributed by atoms with van der Waals surface area (Å²) >= 11 is 0. The highest BCUT2D eigenvalue weighted by Crippen LogP contribution is 2.39. The van der Waals surface area contributed by atoms with Gasteiger partial charge in [-0.05, 0) is 42.0 Å². The van der Waals surface area contributed by atoms with Crippen LogP contribution in [-0.4, -0.2) is 13.0 Å². The number of carbonyl (C=O) groups is 1. The molecule has 8 heteroatoms. The molecular formula is C24H17F4NO3. The van der Waals surface area contributed by atoms with E-state index in [1.165, 1.54) is 19.2 Å². The lowest BCUT2D eigenvalue weighted by atomic mass is 10.0. The van der Waals surface area contributed by atoms with Crippen LogP contribution in [0.15, 0.2) is 60.7 Å². The van der Waals surface area contributed by atoms with Crippen LogP contribution < -0.4 is 14.8 Å². The van der Waals surface area contributed by atoms with E-state index in [4.69, 9.17) is 9.47 Å². The molecule has 0 saturated heterocycles. The van der Waals surface area contributed by atoms with E-state index < -0.39 is 17.6 Å². The molecule has 0 bridgehead atoms. The van der Waals surface area contributed by atoms with Gasteiger partial charge in [0.25, 0.3) is 5.91 Å². The Kier molecular flexibility index (Phi) is 5.61. The van der Waals surface area contributed by atoms with Crippen molar-refractivity contribution < 1.29 is 31.8 Å². The maximum atomic E-state index is 13.8. The number of methoxy groups -OCH3 is 1. The fraction of sp³-hybridized carbons (Fsp3) is 0.125. The lowest BCUT2D eigenvalue weighted by Crippen LogP contribution is -2.06. The number of amides is 1. The van der Waals surface area contributed by atoms with Crippen molar-refractivity contribution in [2.24, 2.45) is 0 Å². The van der Waals surface area contributed by atoms with Crippen LogP contribution in [0.4, 0.5) is 23.2 Å². The summed E-state index contributed by atoms with van der Waals surface area (Å²) in [5.74, 6) is -0.142. The van der Waals surface area contributed by atoms with E-state index in [0.717, 1.165) is 12.1 Å². The molecule has 164 valence electrons. The number of hydrogen-bond acceptors (Lipinski definition) is 3. The molecule has 1 aliphatic rings. The smallest absolute Gasteiger partial charge is 0.416 e. The molecule has 1 aliphatic heterocycles. The highest BCUT2D eigenvalue weighted by molar-refractivity contribution is 6.34. The molecule has 4 rings (SSSR count). The van der Waals surface area contributed by atoms with Crippen LogP contribution in [0.3, 0.4) is 0 Å². The number of ether oxygens (including phenoxy) is 2. The van der Waals surface area contributed by atoms with Crippen LogP contribution >= 0.6 is 0 Å². The van der Waals surface area contributed by atoms with Crippen LogP contribution in [0.2, 0.25) is 0 Å². The van der Waals surface area contributed by atoms with E-state index in [1.807, 2.05) is 0 Å². The molecule has 3 aromatic carbocycles. The monoisotopic (exact) mass is 443 g/mol. The molecule has 32 heavy (non-hydrogen) atoms. The third-order valence-electron chi connectivity index (χ3n) is 4.97. The zero-order chi connectivity index (χ0) is 22.9. The Bertz CT molecular complexity index is 1220. The van der Waals surface area contributed by atoms with Crippen LogP contribution in [0, 0.1) is 5.82 Å². The maximum absolute atomic E-state index is 13.8. The zero-order valence-electron chi connectivity index (χ0n) is 16.8. The molecule has 1 heterocycles. The Morgan fingerprint density at radius 2 is 1.78 bits per heavy atom. The van der Waals surface area contributed by atoms with Gasteiger partial charge in [0.2, 0.25) is 0 Å². The lowest BCUT2D eigenvalue weighted by Gasteiger charge is -2.12. The Morgan fingerprint density at radius 3 is 2.50 bits per heavy atom. The van der Waals surface area contributed by atoms with Crippen LogP contribution in [0.1, 0.15) is 22.3 Å². The van der Waals surface area contributed by atoms with Gasteiger partial charge in [-0.2, -0.15) is 13.2 Å². The van der Waals surface area contributed by atoms with Gasteiger partial charge in [-0.1, -0.05) is 30.3 Å². The second kappa shape index (κ2) is 8.37. The van der Waals surface area contributed by atoms with Gasteiger partial charge in [-0.3, -0.25) is 4.79 Å². The largest absolute Gasteiger partial charge is 0.493 e. The Hall–Kier alpha value is -3.81. The van der Waals surface area contributed by atoms with Crippen molar-refractivity contribution in [3.05, 3.63) is 88.7 Å². The summed E-state index contributed by atoms with van der Waals surface area (Å²) in [6.07, 6.45) is -2.95. The fourth-order valence-electron chi connectivity index (χ4n) is 3.34. The first-order valence-corrected chi connectivity index (χ1v) is 9.55. The van der Waals surface area contributed by atoms with Gasteiger partial charge < -0.3 is 14.8 Å². The number of nitrogens with one attached hydrogen (secondary N) is 1. The summed E-state index contributed by atoms with van der Waals surface area (Å²) < 4.78 is 63.6. The number of hydrogen-bond donors (Lipinski definition) is 1. The highest BCUT2D eigenvalue weighted by Gasteiger charge is 2.33. The molecule has 4 nitrogen and oxygen atoms in total. The van der Waals surface area contributed by atoms with Gasteiger partial charge in [-0.15, -0.1) is 0 Å². The van der Waals surface area contributed by atoms with Gasteiger partial charge in [0.15, 0.2) is 11.5 Å². The maximum Gasteiger partial charge on any atom is 0.416 e. The molecule has 0 aromatic heterocycles. The number of alkyl halides is 3. The van der Waals surface area contributed by atoms with E-state index in [9.17, 15) is 22.4 Å². The molecular weight excluding hydrogens is 426 g/mol. The number of anilines is 1. The Morgan fingerprint density at radius 1 is 1.00 bits per heavy atom. The van der Waals surface area contributed by atoms with Crippen LogP contribution in [0.25, 0.3) is 11.6 Å². The summed E-state index contributed by atoms with van der Waals surface area (Å²) in [5, 5.41) is 2.47. The summed E-state index contributed by atoms with van der Waals surface area (Å²) in [4.78, 5) is 12.4. The molecule has 0 atom stereocenters. The van der Waals surface area contributed by atoms with Crippen LogP contribution in [-0.2, 0) is 17.6 Å². The first-order valence-electron chi connectivity index (χ1n) is 9.55. The van der Waals surface area contributed by atoms with Gasteiger partial charge in [0.05, 0.1) is 12.7 Å². The Balaban J connectivity index is 1.60. The highest BCUT2D eigenvalue weighted by atomic mass is 19.4. The topological polar surface area (TPSA) is 47.6 Å². The number of benzene rings is 3. The van der Waals surface area contributed by atoms with Crippen molar-refractivity contribution in [3.8, 4) is 11.5 Å². The van der Waals surface area contributed by atoms with Crippen molar-refractivity contribution >= 4 is 23.2 Å². The first kappa shape index (κ1) is 21.4. The van der Waals surface area contributed by atoms with Gasteiger partial charge >= 0.3 is 6.18 Å². The van der Waals surface area contributed by atoms with Crippen molar-refractivity contribution in [1.29, 1.82) is 0 Å². The molecule has 0 radical (unpaired) electrons. The summed E-state index contributed by atoms with van der Waals surface area (Å²) in [5.41, 5.74) is 0.845. The van der Waals surface area contributed by atoms with E-state index in [2.05, 4.69) is 5.32 Å². The summed E-state index contributed by atoms with van der Waals surface area (Å²) in [6, 6.07) is 14.3. The van der Waals surface area contributed by atoms with E-state index in [0.29, 0.717) is 28.2 Å². The second-order valence-electron chi connectivity index (χ2n) is 7.06. The minimum Gasteiger partial charge on any atom is -0.493 e. The normalized spacial score (nSPS) is 14.3. The zero-order valence-corrected chi connectivity index (χ0v) is 16.8. The lowest BCUT2D eigenvalue weighted by molar-refractivity contribution is -0.137. The molecule has 0 fully saturated rings. The number of carbonyl (C=O) groups excluding carboxylic acids is 1. The van der Waals surface area contributed by atoms with Crippen molar-refractivity contribution in [2.75, 3.05) is 12.4 Å². The third-order valence-corrected chi connectivity index (χ3v) is 4.97. The van der Waals surface area contributed by atoms with Crippen LogP contribution in [0.5, 0.6) is 11.5 Å².